The Morgan fingerprint density at radius 1 is 1.25 bits per heavy atom. The van der Waals surface area contributed by atoms with E-state index in [1.807, 2.05) is 6.92 Å². The quantitative estimate of drug-likeness (QED) is 0.339. The monoisotopic (exact) mass is 404 g/mol. The first-order valence-corrected chi connectivity index (χ1v) is 9.37. The summed E-state index contributed by atoms with van der Waals surface area (Å²) in [7, 11) is 1.25. The topological polar surface area (TPSA) is 130 Å². The van der Waals surface area contributed by atoms with Crippen molar-refractivity contribution in [1.82, 2.24) is 15.3 Å². The molecule has 0 saturated carbocycles. The smallest absolute Gasteiger partial charge is 0.311 e. The molecule has 1 aromatic carbocycles. The summed E-state index contributed by atoms with van der Waals surface area (Å²) < 4.78 is 4.55. The van der Waals surface area contributed by atoms with E-state index in [2.05, 4.69) is 25.3 Å². The van der Waals surface area contributed by atoms with Crippen molar-refractivity contribution in [3.05, 3.63) is 51.9 Å². The number of hydrogen-bond donors (Lipinski definition) is 3. The Balaban J connectivity index is 1.97. The number of amides is 2. The van der Waals surface area contributed by atoms with E-state index >= 15 is 0 Å². The van der Waals surface area contributed by atoms with Crippen LogP contribution in [0.15, 0.2) is 40.3 Å². The predicted molar refractivity (Wildman–Crippen MR) is 104 cm³/mol. The Bertz CT molecular complexity index is 928. The third-order valence-electron chi connectivity index (χ3n) is 3.41. The second-order valence-corrected chi connectivity index (χ2v) is 6.54. The van der Waals surface area contributed by atoms with Gasteiger partial charge in [-0.1, -0.05) is 17.8 Å². The zero-order chi connectivity index (χ0) is 20.5. The third kappa shape index (κ3) is 6.54. The molecular formula is C18H20N4O5S. The summed E-state index contributed by atoms with van der Waals surface area (Å²) in [5, 5.41) is 5.59. The van der Waals surface area contributed by atoms with Crippen LogP contribution in [-0.2, 0) is 20.7 Å². The Labute approximate surface area is 165 Å². The average molecular weight is 404 g/mol. The molecular weight excluding hydrogens is 384 g/mol. The molecule has 1 heterocycles. The number of anilines is 1. The van der Waals surface area contributed by atoms with Gasteiger partial charge in [-0.15, -0.1) is 0 Å². The highest BCUT2D eigenvalue weighted by molar-refractivity contribution is 7.99. The van der Waals surface area contributed by atoms with Crippen LogP contribution < -0.4 is 16.2 Å². The number of H-pyrrole nitrogens is 1. The van der Waals surface area contributed by atoms with Crippen LogP contribution in [0.4, 0.5) is 5.69 Å². The summed E-state index contributed by atoms with van der Waals surface area (Å²) >= 11 is 1.02. The molecule has 0 aliphatic carbocycles. The number of ether oxygens (including phenoxy) is 1. The normalized spacial score (nSPS) is 10.2. The fraction of sp³-hybridized carbons (Fsp3) is 0.278. The number of rotatable bonds is 8. The van der Waals surface area contributed by atoms with Gasteiger partial charge in [-0.2, -0.15) is 0 Å². The van der Waals surface area contributed by atoms with Crippen molar-refractivity contribution in [2.24, 2.45) is 0 Å². The lowest BCUT2D eigenvalue weighted by Gasteiger charge is -2.08. The van der Waals surface area contributed by atoms with Crippen LogP contribution in [0.2, 0.25) is 0 Å². The number of aromatic amines is 1. The minimum atomic E-state index is -0.515. The van der Waals surface area contributed by atoms with Gasteiger partial charge >= 0.3 is 5.97 Å². The highest BCUT2D eigenvalue weighted by Crippen LogP contribution is 2.14. The fourth-order valence-corrected chi connectivity index (χ4v) is 2.89. The molecule has 9 nitrogen and oxygen atoms in total. The van der Waals surface area contributed by atoms with E-state index < -0.39 is 11.5 Å². The van der Waals surface area contributed by atoms with Crippen molar-refractivity contribution < 1.29 is 19.1 Å². The van der Waals surface area contributed by atoms with Gasteiger partial charge in [0.25, 0.3) is 11.5 Å². The molecule has 3 N–H and O–H groups in total. The number of nitrogens with zero attached hydrogens (tertiary/aromatic N) is 1. The van der Waals surface area contributed by atoms with E-state index in [4.69, 9.17) is 0 Å². The molecule has 148 valence electrons. The molecule has 2 aromatic rings. The largest absolute Gasteiger partial charge is 0.469 e. The van der Waals surface area contributed by atoms with Crippen LogP contribution in [0.5, 0.6) is 0 Å². The summed E-state index contributed by atoms with van der Waals surface area (Å²) in [6.07, 6.45) is -0.132. The lowest BCUT2D eigenvalue weighted by molar-refractivity contribution is -0.139. The Morgan fingerprint density at radius 2 is 2.04 bits per heavy atom. The summed E-state index contributed by atoms with van der Waals surface area (Å²) in [4.78, 5) is 53.6. The molecule has 2 rings (SSSR count). The Kier molecular flexibility index (Phi) is 7.76. The summed E-state index contributed by atoms with van der Waals surface area (Å²) in [5.74, 6) is -1.09. The van der Waals surface area contributed by atoms with Crippen molar-refractivity contribution in [2.45, 2.75) is 18.5 Å². The highest BCUT2D eigenvalue weighted by Gasteiger charge is 2.11. The second-order valence-electron chi connectivity index (χ2n) is 5.57. The summed E-state index contributed by atoms with van der Waals surface area (Å²) in [6.45, 7) is 2.32. The molecule has 10 heteroatoms. The zero-order valence-electron chi connectivity index (χ0n) is 15.4. The molecule has 2 amide bonds. The molecule has 0 aliphatic rings. The van der Waals surface area contributed by atoms with Crippen LogP contribution in [0.1, 0.15) is 23.0 Å². The van der Waals surface area contributed by atoms with Crippen molar-refractivity contribution in [2.75, 3.05) is 24.7 Å². The number of thioether (sulfide) groups is 1. The van der Waals surface area contributed by atoms with Crippen molar-refractivity contribution >= 4 is 35.2 Å². The van der Waals surface area contributed by atoms with Gasteiger partial charge in [-0.3, -0.25) is 19.2 Å². The minimum absolute atomic E-state index is 0.0179. The van der Waals surface area contributed by atoms with E-state index in [0.717, 1.165) is 11.8 Å². The van der Waals surface area contributed by atoms with Crippen molar-refractivity contribution in [3.8, 4) is 0 Å². The lowest BCUT2D eigenvalue weighted by atomic mass is 10.2. The van der Waals surface area contributed by atoms with Crippen LogP contribution in [0.25, 0.3) is 0 Å². The number of benzene rings is 1. The van der Waals surface area contributed by atoms with Crippen LogP contribution in [0.3, 0.4) is 0 Å². The number of hydrogen-bond acceptors (Lipinski definition) is 7. The predicted octanol–water partition coefficient (Wildman–Crippen LogP) is 0.966. The Morgan fingerprint density at radius 3 is 2.75 bits per heavy atom. The van der Waals surface area contributed by atoms with Crippen LogP contribution in [-0.4, -0.2) is 47.2 Å². The molecule has 0 aliphatic heterocycles. The molecule has 0 unspecified atom stereocenters. The summed E-state index contributed by atoms with van der Waals surface area (Å²) in [6, 6.07) is 7.76. The minimum Gasteiger partial charge on any atom is -0.469 e. The van der Waals surface area contributed by atoms with Gasteiger partial charge in [-0.25, -0.2) is 4.98 Å². The Hall–Kier alpha value is -3.14. The van der Waals surface area contributed by atoms with E-state index in [-0.39, 0.29) is 34.8 Å². The lowest BCUT2D eigenvalue weighted by Crippen LogP contribution is -2.23. The number of nitrogens with one attached hydrogen (secondary N) is 3. The molecule has 0 saturated heterocycles. The molecule has 0 fully saturated rings. The molecule has 0 atom stereocenters. The van der Waals surface area contributed by atoms with Gasteiger partial charge in [0, 0.05) is 23.9 Å². The molecule has 0 radical (unpaired) electrons. The standard InChI is InChI=1S/C18H20N4O5S/c1-3-19-17(26)11-5-4-6-12(7-11)20-15(24)10-28-18-21-13(8-14(23)22-18)9-16(25)27-2/h4-8H,3,9-10H2,1-2H3,(H,19,26)(H,20,24)(H,21,22,23). The second kappa shape index (κ2) is 10.3. The third-order valence-corrected chi connectivity index (χ3v) is 4.29. The SMILES string of the molecule is CCNC(=O)c1cccc(NC(=O)CSc2nc(CC(=O)OC)cc(=O)[nH]2)c1. The molecule has 1 aromatic heterocycles. The number of esters is 1. The maximum absolute atomic E-state index is 12.2. The number of aromatic nitrogens is 2. The zero-order valence-corrected chi connectivity index (χ0v) is 16.2. The molecule has 0 spiro atoms. The maximum Gasteiger partial charge on any atom is 0.311 e. The first-order chi connectivity index (χ1) is 13.4. The first kappa shape index (κ1) is 21.2. The van der Waals surface area contributed by atoms with E-state index in [1.54, 1.807) is 24.3 Å². The highest BCUT2D eigenvalue weighted by atomic mass is 32.2. The fourth-order valence-electron chi connectivity index (χ4n) is 2.19. The van der Waals surface area contributed by atoms with Gasteiger partial charge < -0.3 is 20.4 Å². The molecule has 0 bridgehead atoms. The van der Waals surface area contributed by atoms with E-state index in [9.17, 15) is 19.2 Å². The van der Waals surface area contributed by atoms with Crippen molar-refractivity contribution in [3.63, 3.8) is 0 Å². The molecule has 28 heavy (non-hydrogen) atoms. The maximum atomic E-state index is 12.2. The summed E-state index contributed by atoms with van der Waals surface area (Å²) in [5.41, 5.74) is 0.753. The number of methoxy groups -OCH3 is 1. The number of carbonyl (C=O) groups excluding carboxylic acids is 3. The van der Waals surface area contributed by atoms with Gasteiger partial charge in [0.2, 0.25) is 5.91 Å². The average Bonchev–Trinajstić information content (AvgIpc) is 2.66. The van der Waals surface area contributed by atoms with E-state index in [0.29, 0.717) is 17.8 Å². The van der Waals surface area contributed by atoms with Crippen LogP contribution in [0, 0.1) is 0 Å². The van der Waals surface area contributed by atoms with Gasteiger partial charge in [0.05, 0.1) is 25.0 Å². The number of carbonyl (C=O) groups is 3. The van der Waals surface area contributed by atoms with Gasteiger partial charge in [0.15, 0.2) is 5.16 Å². The van der Waals surface area contributed by atoms with E-state index in [1.165, 1.54) is 13.2 Å². The van der Waals surface area contributed by atoms with Crippen molar-refractivity contribution in [1.29, 1.82) is 0 Å². The first-order valence-electron chi connectivity index (χ1n) is 8.39. The van der Waals surface area contributed by atoms with Gasteiger partial charge in [-0.05, 0) is 25.1 Å². The van der Waals surface area contributed by atoms with Gasteiger partial charge in [0.1, 0.15) is 0 Å². The van der Waals surface area contributed by atoms with Crippen LogP contribution >= 0.6 is 11.8 Å².